The monoisotopic (exact) mass is 403 g/mol. The van der Waals surface area contributed by atoms with E-state index in [-0.39, 0.29) is 22.6 Å². The van der Waals surface area contributed by atoms with Gasteiger partial charge in [0.1, 0.15) is 0 Å². The van der Waals surface area contributed by atoms with E-state index < -0.39 is 10.1 Å². The molecule has 2 aromatic carbocycles. The summed E-state index contributed by atoms with van der Waals surface area (Å²) in [6.45, 7) is 12.5. The predicted molar refractivity (Wildman–Crippen MR) is 113 cm³/mol. The number of benzene rings is 2. The van der Waals surface area contributed by atoms with E-state index in [4.69, 9.17) is 0 Å². The van der Waals surface area contributed by atoms with Gasteiger partial charge < -0.3 is 5.32 Å². The molecule has 0 unspecified atom stereocenters. The molecule has 28 heavy (non-hydrogen) atoms. The lowest BCUT2D eigenvalue weighted by atomic mass is 9.84. The van der Waals surface area contributed by atoms with Crippen molar-refractivity contribution in [2.45, 2.75) is 64.2 Å². The third-order valence-electron chi connectivity index (χ3n) is 4.75. The number of rotatable bonds is 6. The molecule has 0 aliphatic rings. The molecule has 0 aliphatic carbocycles. The number of carbonyl (C=O) groups excluding carboxylic acids is 1. The normalized spacial score (nSPS) is 12.1. The molecule has 2 aromatic rings. The highest BCUT2D eigenvalue weighted by atomic mass is 32.2. The van der Waals surface area contributed by atoms with E-state index in [1.165, 1.54) is 23.8 Å². The molecule has 152 valence electrons. The van der Waals surface area contributed by atoms with E-state index in [9.17, 15) is 17.8 Å². The third-order valence-corrected chi connectivity index (χ3v) is 5.60. The highest BCUT2D eigenvalue weighted by molar-refractivity contribution is 7.85. The fourth-order valence-electron chi connectivity index (χ4n) is 3.15. The Labute approximate surface area is 167 Å². The molecule has 0 bridgehead atoms. The lowest BCUT2D eigenvalue weighted by molar-refractivity contribution is 0.102. The quantitative estimate of drug-likeness (QED) is 0.619. The number of hydrogen-bond acceptors (Lipinski definition) is 3. The van der Waals surface area contributed by atoms with Crippen LogP contribution in [0.2, 0.25) is 0 Å². The number of carbonyl (C=O) groups is 1. The molecule has 0 aromatic heterocycles. The van der Waals surface area contributed by atoms with Gasteiger partial charge >= 0.3 is 0 Å². The first-order valence-corrected chi connectivity index (χ1v) is 10.9. The molecular formula is C22H29NO4S. The van der Waals surface area contributed by atoms with Crippen LogP contribution in [0.1, 0.15) is 86.3 Å². The Kier molecular flexibility index (Phi) is 6.67. The summed E-state index contributed by atoms with van der Waals surface area (Å²) < 4.78 is 32.0. The second kappa shape index (κ2) is 8.45. The predicted octanol–water partition coefficient (Wildman–Crippen LogP) is 5.56. The Balaban J connectivity index is 2.56. The number of anilines is 1. The van der Waals surface area contributed by atoms with Crippen LogP contribution in [0.4, 0.5) is 5.69 Å². The Morgan fingerprint density at radius 2 is 1.43 bits per heavy atom. The molecule has 0 atom stereocenters. The van der Waals surface area contributed by atoms with Gasteiger partial charge in [0.15, 0.2) is 0 Å². The van der Waals surface area contributed by atoms with Gasteiger partial charge in [-0.15, -0.1) is 0 Å². The molecule has 2 rings (SSSR count). The molecule has 0 radical (unpaired) electrons. The molecule has 0 heterocycles. The van der Waals surface area contributed by atoms with Crippen molar-refractivity contribution in [1.29, 1.82) is 0 Å². The molecule has 0 saturated carbocycles. The van der Waals surface area contributed by atoms with Gasteiger partial charge in [0.2, 0.25) is 0 Å². The molecule has 2 N–H and O–H groups in total. The third kappa shape index (κ3) is 5.00. The average molecular weight is 404 g/mol. The molecule has 0 saturated heterocycles. The zero-order chi connectivity index (χ0) is 21.2. The van der Waals surface area contributed by atoms with Crippen molar-refractivity contribution in [3.05, 3.63) is 58.7 Å². The fourth-order valence-corrected chi connectivity index (χ4v) is 3.67. The second-order valence-corrected chi connectivity index (χ2v) is 9.42. The minimum atomic E-state index is -4.34. The number of nitrogens with one attached hydrogen (secondary N) is 1. The highest BCUT2D eigenvalue weighted by Gasteiger charge is 2.22. The van der Waals surface area contributed by atoms with Crippen molar-refractivity contribution < 1.29 is 17.8 Å². The van der Waals surface area contributed by atoms with Crippen molar-refractivity contribution in [3.8, 4) is 0 Å². The first-order valence-electron chi connectivity index (χ1n) is 9.48. The summed E-state index contributed by atoms with van der Waals surface area (Å²) in [6, 6.07) is 9.78. The Hall–Kier alpha value is -2.18. The first-order chi connectivity index (χ1) is 12.9. The van der Waals surface area contributed by atoms with Gasteiger partial charge in [-0.05, 0) is 52.6 Å². The van der Waals surface area contributed by atoms with Gasteiger partial charge in [-0.1, -0.05) is 59.7 Å². The van der Waals surface area contributed by atoms with Crippen molar-refractivity contribution in [1.82, 2.24) is 0 Å². The van der Waals surface area contributed by atoms with Gasteiger partial charge in [0.25, 0.3) is 16.0 Å². The van der Waals surface area contributed by atoms with Gasteiger partial charge in [0.05, 0.1) is 4.90 Å². The van der Waals surface area contributed by atoms with Crippen LogP contribution in [-0.2, 0) is 10.1 Å². The Morgan fingerprint density at radius 3 is 1.86 bits per heavy atom. The summed E-state index contributed by atoms with van der Waals surface area (Å²) in [5.74, 6) is 0.371. The molecule has 6 heteroatoms. The maximum absolute atomic E-state index is 13.2. The molecule has 1 amide bonds. The largest absolute Gasteiger partial charge is 0.322 e. The lowest BCUT2D eigenvalue weighted by Gasteiger charge is -2.22. The van der Waals surface area contributed by atoms with Crippen molar-refractivity contribution in [2.24, 2.45) is 0 Å². The standard InChI is InChI=1S/C22H29NO4S/c1-13(2)16-10-19(14(3)4)21(20(11-16)15(5)6)22(24)23-17-8-7-9-18(12-17)28(25,26)27/h7-15H,1-6H3,(H,23,24)(H,25,26,27). The van der Waals surface area contributed by atoms with E-state index in [1.807, 2.05) is 0 Å². The van der Waals surface area contributed by atoms with Crippen LogP contribution in [0, 0.1) is 0 Å². The summed E-state index contributed by atoms with van der Waals surface area (Å²) >= 11 is 0. The van der Waals surface area contributed by atoms with Crippen LogP contribution in [0.25, 0.3) is 0 Å². The summed E-state index contributed by atoms with van der Waals surface area (Å²) in [4.78, 5) is 12.9. The maximum atomic E-state index is 13.2. The van der Waals surface area contributed by atoms with Crippen LogP contribution in [0.15, 0.2) is 41.3 Å². The molecular weight excluding hydrogens is 374 g/mol. The zero-order valence-corrected chi connectivity index (χ0v) is 18.1. The average Bonchev–Trinajstić information content (AvgIpc) is 2.59. The molecule has 0 aliphatic heterocycles. The smallest absolute Gasteiger partial charge is 0.294 e. The first kappa shape index (κ1) is 22.1. The number of amides is 1. The van der Waals surface area contributed by atoms with E-state index >= 15 is 0 Å². The molecule has 0 fully saturated rings. The van der Waals surface area contributed by atoms with Crippen LogP contribution in [0.3, 0.4) is 0 Å². The van der Waals surface area contributed by atoms with E-state index in [2.05, 4.69) is 59.0 Å². The summed E-state index contributed by atoms with van der Waals surface area (Å²) in [5, 5.41) is 2.80. The second-order valence-electron chi connectivity index (χ2n) is 8.00. The highest BCUT2D eigenvalue weighted by Crippen LogP contribution is 2.32. The van der Waals surface area contributed by atoms with Crippen LogP contribution in [-0.4, -0.2) is 18.9 Å². The summed E-state index contributed by atoms with van der Waals surface area (Å²) in [5.41, 5.74) is 4.08. The lowest BCUT2D eigenvalue weighted by Crippen LogP contribution is -2.19. The van der Waals surface area contributed by atoms with Gasteiger partial charge in [-0.2, -0.15) is 8.42 Å². The SMILES string of the molecule is CC(C)c1cc(C(C)C)c(C(=O)Nc2cccc(S(=O)(=O)O)c2)c(C(C)C)c1. The van der Waals surface area contributed by atoms with E-state index in [0.29, 0.717) is 17.2 Å². The van der Waals surface area contributed by atoms with E-state index in [0.717, 1.165) is 11.1 Å². The van der Waals surface area contributed by atoms with Crippen LogP contribution < -0.4 is 5.32 Å². The fraction of sp³-hybridized carbons (Fsp3) is 0.409. The van der Waals surface area contributed by atoms with Gasteiger partial charge in [0, 0.05) is 11.3 Å². The topological polar surface area (TPSA) is 83.5 Å². The van der Waals surface area contributed by atoms with Crippen LogP contribution in [0.5, 0.6) is 0 Å². The molecule has 0 spiro atoms. The van der Waals surface area contributed by atoms with Crippen molar-refractivity contribution >= 4 is 21.7 Å². The zero-order valence-electron chi connectivity index (χ0n) is 17.3. The van der Waals surface area contributed by atoms with Crippen molar-refractivity contribution in [3.63, 3.8) is 0 Å². The Morgan fingerprint density at radius 1 is 0.893 bits per heavy atom. The van der Waals surface area contributed by atoms with Crippen LogP contribution >= 0.6 is 0 Å². The van der Waals surface area contributed by atoms with Gasteiger partial charge in [-0.3, -0.25) is 9.35 Å². The van der Waals surface area contributed by atoms with E-state index in [1.54, 1.807) is 6.07 Å². The van der Waals surface area contributed by atoms with Crippen molar-refractivity contribution in [2.75, 3.05) is 5.32 Å². The summed E-state index contributed by atoms with van der Waals surface area (Å²) in [7, 11) is -4.34. The number of hydrogen-bond donors (Lipinski definition) is 2. The Bertz CT molecular complexity index is 947. The summed E-state index contributed by atoms with van der Waals surface area (Å²) in [6.07, 6.45) is 0. The minimum absolute atomic E-state index is 0.154. The molecule has 5 nitrogen and oxygen atoms in total. The van der Waals surface area contributed by atoms with Gasteiger partial charge in [-0.25, -0.2) is 0 Å². The maximum Gasteiger partial charge on any atom is 0.294 e. The minimum Gasteiger partial charge on any atom is -0.322 e.